The molecule has 0 spiro atoms. The molecule has 2 aromatic rings. The van der Waals surface area contributed by atoms with Gasteiger partial charge in [-0.3, -0.25) is 14.2 Å². The molecule has 0 radical (unpaired) electrons. The van der Waals surface area contributed by atoms with Gasteiger partial charge >= 0.3 is 5.97 Å². The van der Waals surface area contributed by atoms with E-state index in [1.807, 2.05) is 31.6 Å². The van der Waals surface area contributed by atoms with Crippen molar-refractivity contribution in [2.24, 2.45) is 7.05 Å². The molecule has 1 atom stereocenters. The number of nitrogens with one attached hydrogen (secondary N) is 1. The van der Waals surface area contributed by atoms with E-state index in [1.54, 1.807) is 14.0 Å². The van der Waals surface area contributed by atoms with E-state index in [1.165, 1.54) is 10.7 Å². The number of amides is 1. The number of nitrogens with zero attached hydrogens (tertiary/aromatic N) is 4. The molecule has 8 nitrogen and oxygen atoms in total. The van der Waals surface area contributed by atoms with E-state index < -0.39 is 5.97 Å². The van der Waals surface area contributed by atoms with Crippen molar-refractivity contribution in [1.82, 2.24) is 24.9 Å². The standard InChI is InChI=1S/C16H23N5O3/c1-6-21-9-12(11(4)18-21)10(3)17-15(22)13-8-14(20(5)19-13)16(23)24-7-2/h8-10H,6-7H2,1-5H3,(H,17,22). The largest absolute Gasteiger partial charge is 0.461 e. The minimum Gasteiger partial charge on any atom is -0.461 e. The van der Waals surface area contributed by atoms with Crippen LogP contribution in [0, 0.1) is 6.92 Å². The highest BCUT2D eigenvalue weighted by atomic mass is 16.5. The number of hydrogen-bond acceptors (Lipinski definition) is 5. The zero-order valence-corrected chi connectivity index (χ0v) is 14.7. The Morgan fingerprint density at radius 1 is 1.33 bits per heavy atom. The number of carbonyl (C=O) groups excluding carboxylic acids is 2. The summed E-state index contributed by atoms with van der Waals surface area (Å²) in [6, 6.07) is 1.22. The fourth-order valence-electron chi connectivity index (χ4n) is 2.44. The molecule has 0 aromatic carbocycles. The maximum absolute atomic E-state index is 12.4. The number of aromatic nitrogens is 4. The van der Waals surface area contributed by atoms with Crippen LogP contribution >= 0.6 is 0 Å². The molecule has 0 fully saturated rings. The fourth-order valence-corrected chi connectivity index (χ4v) is 2.44. The molecule has 0 saturated heterocycles. The molecule has 1 amide bonds. The van der Waals surface area contributed by atoms with Crippen LogP contribution in [-0.4, -0.2) is 38.0 Å². The molecule has 0 aliphatic carbocycles. The molecule has 2 aromatic heterocycles. The Kier molecular flexibility index (Phi) is 5.38. The number of aryl methyl sites for hydroxylation is 3. The lowest BCUT2D eigenvalue weighted by Crippen LogP contribution is -2.27. The SMILES string of the molecule is CCOC(=O)c1cc(C(=O)NC(C)c2cn(CC)nc2C)nn1C. The van der Waals surface area contributed by atoms with Crippen molar-refractivity contribution in [2.45, 2.75) is 40.3 Å². The lowest BCUT2D eigenvalue weighted by molar-refractivity contribution is 0.0513. The number of rotatable bonds is 6. The Balaban J connectivity index is 2.13. The van der Waals surface area contributed by atoms with Crippen molar-refractivity contribution in [1.29, 1.82) is 0 Å². The summed E-state index contributed by atoms with van der Waals surface area (Å²) in [6.45, 7) is 8.56. The fraction of sp³-hybridized carbons (Fsp3) is 0.500. The van der Waals surface area contributed by atoms with Gasteiger partial charge in [0.1, 0.15) is 5.69 Å². The van der Waals surface area contributed by atoms with E-state index in [9.17, 15) is 9.59 Å². The van der Waals surface area contributed by atoms with E-state index >= 15 is 0 Å². The zero-order valence-electron chi connectivity index (χ0n) is 14.7. The molecule has 0 bridgehead atoms. The first-order valence-corrected chi connectivity index (χ1v) is 7.93. The average molecular weight is 333 g/mol. The Bertz CT molecular complexity index is 747. The highest BCUT2D eigenvalue weighted by Crippen LogP contribution is 2.17. The first-order chi connectivity index (χ1) is 11.4. The predicted octanol–water partition coefficient (Wildman–Crippen LogP) is 1.61. The van der Waals surface area contributed by atoms with Crippen LogP contribution < -0.4 is 5.32 Å². The summed E-state index contributed by atoms with van der Waals surface area (Å²) in [5.74, 6) is -0.850. The van der Waals surface area contributed by atoms with Gasteiger partial charge in [-0.25, -0.2) is 4.79 Å². The van der Waals surface area contributed by atoms with Crippen LogP contribution in [0.2, 0.25) is 0 Å². The molecule has 2 rings (SSSR count). The van der Waals surface area contributed by atoms with Crippen molar-refractivity contribution >= 4 is 11.9 Å². The second-order valence-corrected chi connectivity index (χ2v) is 5.48. The Hall–Kier alpha value is -2.64. The summed E-state index contributed by atoms with van der Waals surface area (Å²) in [4.78, 5) is 24.2. The van der Waals surface area contributed by atoms with E-state index in [4.69, 9.17) is 4.74 Å². The van der Waals surface area contributed by atoms with E-state index in [0.717, 1.165) is 17.8 Å². The number of hydrogen-bond donors (Lipinski definition) is 1. The van der Waals surface area contributed by atoms with Crippen molar-refractivity contribution in [3.63, 3.8) is 0 Å². The third kappa shape index (κ3) is 3.64. The molecule has 0 saturated carbocycles. The lowest BCUT2D eigenvalue weighted by Gasteiger charge is -2.11. The van der Waals surface area contributed by atoms with Gasteiger partial charge in [-0.1, -0.05) is 0 Å². The monoisotopic (exact) mass is 333 g/mol. The Labute approximate surface area is 140 Å². The van der Waals surface area contributed by atoms with Crippen molar-refractivity contribution < 1.29 is 14.3 Å². The maximum atomic E-state index is 12.4. The summed E-state index contributed by atoms with van der Waals surface area (Å²) in [6.07, 6.45) is 1.92. The minimum atomic E-state index is -0.500. The van der Waals surface area contributed by atoms with Crippen LogP contribution in [0.25, 0.3) is 0 Å². The van der Waals surface area contributed by atoms with E-state index in [0.29, 0.717) is 0 Å². The third-order valence-corrected chi connectivity index (χ3v) is 3.72. The van der Waals surface area contributed by atoms with Crippen molar-refractivity contribution in [2.75, 3.05) is 6.61 Å². The topological polar surface area (TPSA) is 91.0 Å². The zero-order chi connectivity index (χ0) is 17.9. The van der Waals surface area contributed by atoms with Crippen molar-refractivity contribution in [3.8, 4) is 0 Å². The average Bonchev–Trinajstić information content (AvgIpc) is 3.10. The molecule has 130 valence electrons. The molecule has 1 N–H and O–H groups in total. The van der Waals surface area contributed by atoms with E-state index in [2.05, 4.69) is 15.5 Å². The summed E-state index contributed by atoms with van der Waals surface area (Å²) < 4.78 is 8.11. The molecule has 2 heterocycles. The molecule has 0 aliphatic heterocycles. The third-order valence-electron chi connectivity index (χ3n) is 3.72. The van der Waals surface area contributed by atoms with Crippen LogP contribution in [0.3, 0.4) is 0 Å². The first-order valence-electron chi connectivity index (χ1n) is 7.93. The van der Waals surface area contributed by atoms with Gasteiger partial charge in [0.25, 0.3) is 5.91 Å². The Morgan fingerprint density at radius 3 is 2.62 bits per heavy atom. The van der Waals surface area contributed by atoms with Crippen molar-refractivity contribution in [3.05, 3.63) is 34.9 Å². The van der Waals surface area contributed by atoms with E-state index in [-0.39, 0.29) is 29.9 Å². The molecule has 24 heavy (non-hydrogen) atoms. The molecule has 0 aliphatic rings. The van der Waals surface area contributed by atoms with Gasteiger partial charge in [0.2, 0.25) is 0 Å². The van der Waals surface area contributed by atoms with Gasteiger partial charge in [0.05, 0.1) is 18.3 Å². The van der Waals surface area contributed by atoms with Crippen LogP contribution in [0.15, 0.2) is 12.3 Å². The minimum absolute atomic E-state index is 0.174. The molecule has 1 unspecified atom stereocenters. The van der Waals surface area contributed by atoms with Gasteiger partial charge in [0, 0.05) is 31.4 Å². The lowest BCUT2D eigenvalue weighted by atomic mass is 10.1. The van der Waals surface area contributed by atoms with Crippen LogP contribution in [-0.2, 0) is 18.3 Å². The summed E-state index contributed by atoms with van der Waals surface area (Å²) in [5, 5.41) is 11.3. The molecule has 8 heteroatoms. The van der Waals surface area contributed by atoms with Crippen LogP contribution in [0.1, 0.15) is 59.0 Å². The molecular formula is C16H23N5O3. The smallest absolute Gasteiger partial charge is 0.356 e. The first kappa shape index (κ1) is 17.7. The van der Waals surface area contributed by atoms with Gasteiger partial charge in [-0.2, -0.15) is 10.2 Å². The van der Waals surface area contributed by atoms with Gasteiger partial charge in [-0.05, 0) is 27.7 Å². The number of esters is 1. The Morgan fingerprint density at radius 2 is 2.04 bits per heavy atom. The quantitative estimate of drug-likeness (QED) is 0.811. The normalized spacial score (nSPS) is 12.0. The predicted molar refractivity (Wildman–Crippen MR) is 87.7 cm³/mol. The van der Waals surface area contributed by atoms with Crippen LogP contribution in [0.4, 0.5) is 0 Å². The van der Waals surface area contributed by atoms with Crippen LogP contribution in [0.5, 0.6) is 0 Å². The highest BCUT2D eigenvalue weighted by Gasteiger charge is 2.21. The summed E-state index contributed by atoms with van der Waals surface area (Å²) in [7, 11) is 1.60. The van der Waals surface area contributed by atoms with Gasteiger partial charge in [-0.15, -0.1) is 0 Å². The van der Waals surface area contributed by atoms with Gasteiger partial charge in [0.15, 0.2) is 5.69 Å². The highest BCUT2D eigenvalue weighted by molar-refractivity contribution is 5.96. The number of ether oxygens (including phenoxy) is 1. The number of carbonyl (C=O) groups is 2. The summed E-state index contributed by atoms with van der Waals surface area (Å²) >= 11 is 0. The second kappa shape index (κ2) is 7.29. The second-order valence-electron chi connectivity index (χ2n) is 5.48. The molecular weight excluding hydrogens is 310 g/mol. The summed E-state index contributed by atoms with van der Waals surface area (Å²) in [5.41, 5.74) is 2.24. The maximum Gasteiger partial charge on any atom is 0.356 e. The van der Waals surface area contributed by atoms with Gasteiger partial charge < -0.3 is 10.1 Å².